The van der Waals surface area contributed by atoms with E-state index in [1.807, 2.05) is 140 Å². The molecule has 16 nitrogen and oxygen atoms in total. The maximum atomic E-state index is 14.4. The Hall–Kier alpha value is -6.33. The average Bonchev–Trinajstić information content (AvgIpc) is 4.01. The van der Waals surface area contributed by atoms with E-state index in [2.05, 4.69) is 49.8 Å². The number of imidazole rings is 1. The normalized spacial score (nSPS) is 17.3. The predicted octanol–water partition coefficient (Wildman–Crippen LogP) is 9.65. The number of aryl methyl sites for hydroxylation is 1. The molecule has 8 rings (SSSR count). The minimum atomic E-state index is -1.70. The first-order valence-corrected chi connectivity index (χ1v) is 26.0. The number of nitrogens with one attached hydrogen (secondary N) is 1. The molecule has 2 aromatic heterocycles. The molecule has 0 saturated carbocycles. The molecule has 1 aliphatic heterocycles. The Morgan fingerprint density at radius 2 is 1.36 bits per heavy atom. The van der Waals surface area contributed by atoms with Gasteiger partial charge in [0.1, 0.15) is 47.5 Å². The highest BCUT2D eigenvalue weighted by Gasteiger charge is 2.51. The van der Waals surface area contributed by atoms with E-state index in [-0.39, 0.29) is 37.7 Å². The second kappa shape index (κ2) is 25.3. The van der Waals surface area contributed by atoms with Crippen molar-refractivity contribution in [3.05, 3.63) is 174 Å². The number of amides is 1. The lowest BCUT2D eigenvalue weighted by Crippen LogP contribution is -2.42. The topological polar surface area (TPSA) is 153 Å². The maximum absolute atomic E-state index is 14.4. The number of para-hydroxylation sites is 1. The summed E-state index contributed by atoms with van der Waals surface area (Å²) in [6, 6.07) is 43.3. The lowest BCUT2D eigenvalue weighted by molar-refractivity contribution is -0.120. The number of benzene rings is 5. The van der Waals surface area contributed by atoms with E-state index < -0.39 is 38.7 Å². The molecule has 1 N–H and O–H groups in total. The molecule has 0 bridgehead atoms. The number of likely N-dealkylation sites (N-methyl/N-ethyl adjacent to an activating group) is 1. The summed E-state index contributed by atoms with van der Waals surface area (Å²) in [6.07, 6.45) is -0.0566. The standard InChI is InChI=1S/C57H68N7O9P/c1-39(2)64(40(3)4)74(71-33-32-58-6)73-52-49(35-70-57(43-16-12-10-13-17-43,44-24-28-46(66-7)29-25-44)45-26-30-47(67-8)31-27-45)72-56(53(52)68-9)63-38-61-51-54(59-37-60-55(51)63)62(34-42-22-20-41(5)21-23-42)50(65)36-69-48-18-14-11-15-19-48/h10-31,37-40,49,52-53,56,58H,32-36H2,1-9H3/t49-,52?,53?,56-,74?/m1/s1. The third-order valence-electron chi connectivity index (χ3n) is 12.9. The number of hydrogen-bond acceptors (Lipinski definition) is 14. The molecule has 0 aliphatic carbocycles. The number of nitrogens with zero attached hydrogens (tertiary/aromatic N) is 6. The molecule has 5 atom stereocenters. The number of rotatable bonds is 25. The van der Waals surface area contributed by atoms with Gasteiger partial charge in [0, 0.05) is 25.7 Å². The molecule has 0 radical (unpaired) electrons. The number of hydrogen-bond donors (Lipinski definition) is 1. The van der Waals surface area contributed by atoms with Crippen LogP contribution in [0, 0.1) is 6.92 Å². The molecule has 1 saturated heterocycles. The number of fused-ring (bicyclic) bond motifs is 1. The summed E-state index contributed by atoms with van der Waals surface area (Å²) in [6.45, 7) is 11.6. The Morgan fingerprint density at radius 1 is 0.757 bits per heavy atom. The Bertz CT molecular complexity index is 2790. The first kappa shape index (κ1) is 53.9. The highest BCUT2D eigenvalue weighted by Crippen LogP contribution is 2.51. The van der Waals surface area contributed by atoms with Crippen molar-refractivity contribution in [1.82, 2.24) is 29.5 Å². The van der Waals surface area contributed by atoms with Gasteiger partial charge in [-0.25, -0.2) is 19.6 Å². The fourth-order valence-electron chi connectivity index (χ4n) is 9.30. The minimum absolute atomic E-state index is 0.0180. The summed E-state index contributed by atoms with van der Waals surface area (Å²) in [5.41, 5.74) is 4.23. The third kappa shape index (κ3) is 12.1. The SMILES string of the molecule is CNCCOP(OC1C(OC)[C@H](n2cnc3c(N(Cc4ccc(C)cc4)C(=O)COc4ccccc4)ncnc32)O[C@@H]1COC(c1ccccc1)(c1ccc(OC)cc1)c1ccc(OC)cc1)N(C(C)C)C(C)C. The summed E-state index contributed by atoms with van der Waals surface area (Å²) in [4.78, 5) is 30.4. The van der Waals surface area contributed by atoms with Crippen LogP contribution in [0.4, 0.5) is 5.82 Å². The average molecular weight is 1030 g/mol. The van der Waals surface area contributed by atoms with Crippen LogP contribution in [-0.4, -0.2) is 115 Å². The first-order chi connectivity index (χ1) is 36.0. The molecule has 1 aliphatic rings. The van der Waals surface area contributed by atoms with Gasteiger partial charge in [0.25, 0.3) is 14.4 Å². The van der Waals surface area contributed by atoms with Crippen molar-refractivity contribution >= 4 is 31.4 Å². The molecule has 3 unspecified atom stereocenters. The molecule has 7 aromatic rings. The van der Waals surface area contributed by atoms with Gasteiger partial charge in [-0.15, -0.1) is 0 Å². The van der Waals surface area contributed by atoms with Crippen LogP contribution in [0.1, 0.15) is 61.7 Å². The van der Waals surface area contributed by atoms with Gasteiger partial charge in [-0.2, -0.15) is 0 Å². The van der Waals surface area contributed by atoms with Gasteiger partial charge in [-0.05, 0) is 100 Å². The number of aromatic nitrogens is 4. The summed E-state index contributed by atoms with van der Waals surface area (Å²) >= 11 is 0. The van der Waals surface area contributed by atoms with Crippen LogP contribution in [-0.2, 0) is 40.2 Å². The van der Waals surface area contributed by atoms with Gasteiger partial charge in [-0.3, -0.25) is 14.3 Å². The molecule has 3 heterocycles. The zero-order chi connectivity index (χ0) is 52.2. The van der Waals surface area contributed by atoms with Crippen molar-refractivity contribution in [2.24, 2.45) is 0 Å². The van der Waals surface area contributed by atoms with Crippen molar-refractivity contribution in [1.29, 1.82) is 0 Å². The first-order valence-electron chi connectivity index (χ1n) is 24.9. The van der Waals surface area contributed by atoms with Gasteiger partial charge in [0.05, 0.1) is 40.3 Å². The summed E-state index contributed by atoms with van der Waals surface area (Å²) in [5.74, 6) is 1.98. The van der Waals surface area contributed by atoms with Crippen molar-refractivity contribution in [3.8, 4) is 17.2 Å². The molecule has 74 heavy (non-hydrogen) atoms. The summed E-state index contributed by atoms with van der Waals surface area (Å²) in [5, 5.41) is 3.21. The minimum Gasteiger partial charge on any atom is -0.497 e. The molecule has 390 valence electrons. The lowest BCUT2D eigenvalue weighted by Gasteiger charge is -2.39. The van der Waals surface area contributed by atoms with Crippen LogP contribution in [0.3, 0.4) is 0 Å². The molecule has 1 fully saturated rings. The molecule has 1 amide bonds. The van der Waals surface area contributed by atoms with E-state index in [9.17, 15) is 4.79 Å². The Morgan fingerprint density at radius 3 is 1.95 bits per heavy atom. The number of methoxy groups -OCH3 is 3. The van der Waals surface area contributed by atoms with Crippen molar-refractivity contribution in [2.75, 3.05) is 59.6 Å². The Labute approximate surface area is 435 Å². The zero-order valence-electron chi connectivity index (χ0n) is 43.7. The maximum Gasteiger partial charge on any atom is 0.266 e. The van der Waals surface area contributed by atoms with Crippen LogP contribution in [0.2, 0.25) is 0 Å². The van der Waals surface area contributed by atoms with Gasteiger partial charge in [0.2, 0.25) is 0 Å². The largest absolute Gasteiger partial charge is 0.497 e. The van der Waals surface area contributed by atoms with Crippen LogP contribution in [0.15, 0.2) is 146 Å². The zero-order valence-corrected chi connectivity index (χ0v) is 44.6. The molecule has 0 spiro atoms. The van der Waals surface area contributed by atoms with E-state index >= 15 is 0 Å². The van der Waals surface area contributed by atoms with Gasteiger partial charge >= 0.3 is 0 Å². The van der Waals surface area contributed by atoms with Crippen LogP contribution < -0.4 is 24.4 Å². The van der Waals surface area contributed by atoms with Crippen molar-refractivity contribution in [3.63, 3.8) is 0 Å². The van der Waals surface area contributed by atoms with E-state index in [0.717, 1.165) is 27.8 Å². The second-order valence-corrected chi connectivity index (χ2v) is 19.9. The Kier molecular flexibility index (Phi) is 18.4. The van der Waals surface area contributed by atoms with Crippen molar-refractivity contribution < 1.29 is 42.3 Å². The number of anilines is 1. The highest BCUT2D eigenvalue weighted by molar-refractivity contribution is 7.44. The summed E-state index contributed by atoms with van der Waals surface area (Å²) < 4.78 is 56.6. The third-order valence-corrected chi connectivity index (χ3v) is 15.1. The summed E-state index contributed by atoms with van der Waals surface area (Å²) in [7, 11) is 5.13. The van der Waals surface area contributed by atoms with Crippen LogP contribution in [0.25, 0.3) is 11.2 Å². The van der Waals surface area contributed by atoms with Gasteiger partial charge in [-0.1, -0.05) is 103 Å². The van der Waals surface area contributed by atoms with Gasteiger partial charge < -0.3 is 42.8 Å². The fourth-order valence-corrected chi connectivity index (χ4v) is 11.1. The quantitative estimate of drug-likeness (QED) is 0.0328. The molecule has 17 heteroatoms. The van der Waals surface area contributed by atoms with E-state index in [0.29, 0.717) is 47.4 Å². The van der Waals surface area contributed by atoms with Crippen molar-refractivity contribution in [2.45, 2.75) is 83.4 Å². The predicted molar refractivity (Wildman–Crippen MR) is 286 cm³/mol. The number of carbonyl (C=O) groups is 1. The smallest absolute Gasteiger partial charge is 0.266 e. The lowest BCUT2D eigenvalue weighted by atomic mass is 9.80. The van der Waals surface area contributed by atoms with E-state index in [1.165, 1.54) is 6.33 Å². The second-order valence-electron chi connectivity index (χ2n) is 18.5. The highest BCUT2D eigenvalue weighted by atomic mass is 31.2. The van der Waals surface area contributed by atoms with Gasteiger partial charge in [0.15, 0.2) is 29.8 Å². The molecular formula is C57H68N7O9P. The van der Waals surface area contributed by atoms with E-state index in [4.69, 9.17) is 52.4 Å². The number of carbonyl (C=O) groups excluding carboxylic acids is 1. The molecule has 5 aromatic carbocycles. The molecular weight excluding hydrogens is 958 g/mol. The monoisotopic (exact) mass is 1030 g/mol. The Balaban J connectivity index is 1.22. The van der Waals surface area contributed by atoms with Crippen LogP contribution in [0.5, 0.6) is 17.2 Å². The number of ether oxygens (including phenoxy) is 6. The van der Waals surface area contributed by atoms with Crippen LogP contribution >= 0.6 is 8.53 Å². The fraction of sp³-hybridized carbons (Fsp3) is 0.368. The van der Waals surface area contributed by atoms with E-state index in [1.54, 1.807) is 32.6 Å².